The van der Waals surface area contributed by atoms with Gasteiger partial charge >= 0.3 is 5.97 Å². The van der Waals surface area contributed by atoms with Gasteiger partial charge in [0.1, 0.15) is 5.82 Å². The zero-order chi connectivity index (χ0) is 15.4. The van der Waals surface area contributed by atoms with Crippen LogP contribution in [0.25, 0.3) is 10.8 Å². The molecule has 2 N–H and O–H groups in total. The Labute approximate surface area is 125 Å². The molecule has 112 valence electrons. The molecule has 21 heavy (non-hydrogen) atoms. The molecule has 0 bridgehead atoms. The molecule has 0 fully saturated rings. The van der Waals surface area contributed by atoms with Crippen LogP contribution in [-0.2, 0) is 10.8 Å². The second-order valence-electron chi connectivity index (χ2n) is 4.90. The molecule has 1 heterocycles. The summed E-state index contributed by atoms with van der Waals surface area (Å²) in [5.74, 6) is -0.329. The number of carboxylic acids is 1. The second-order valence-corrected chi connectivity index (χ2v) is 6.70. The van der Waals surface area contributed by atoms with Crippen molar-refractivity contribution in [3.63, 3.8) is 0 Å². The Bertz CT molecular complexity index is 688. The fourth-order valence-electron chi connectivity index (χ4n) is 2.06. The van der Waals surface area contributed by atoms with E-state index in [1.54, 1.807) is 18.4 Å². The number of hydrogen-bond donors (Lipinski definition) is 2. The van der Waals surface area contributed by atoms with Gasteiger partial charge in [-0.3, -0.25) is 4.21 Å². The van der Waals surface area contributed by atoms with Crippen LogP contribution in [0.1, 0.15) is 23.7 Å². The first-order valence-electron chi connectivity index (χ1n) is 6.68. The minimum Gasteiger partial charge on any atom is -0.478 e. The number of anilines is 1. The van der Waals surface area contributed by atoms with E-state index < -0.39 is 16.8 Å². The van der Waals surface area contributed by atoms with Crippen LogP contribution < -0.4 is 5.32 Å². The summed E-state index contributed by atoms with van der Waals surface area (Å²) < 4.78 is 11.3. The number of carboxylic acid groups (broad SMARTS) is 1. The molecule has 2 aromatic rings. The molecule has 0 radical (unpaired) electrons. The third-order valence-electron chi connectivity index (χ3n) is 3.44. The van der Waals surface area contributed by atoms with Crippen LogP contribution in [0.5, 0.6) is 0 Å². The number of hydrogen-bond acceptors (Lipinski definition) is 4. The topological polar surface area (TPSA) is 79.3 Å². The highest BCUT2D eigenvalue weighted by Gasteiger charge is 2.12. The number of aromatic carboxylic acids is 1. The maximum atomic E-state index is 11.3. The number of aromatic nitrogens is 1. The first-order valence-corrected chi connectivity index (χ1v) is 8.30. The predicted octanol–water partition coefficient (Wildman–Crippen LogP) is 2.50. The number of benzene rings is 1. The Kier molecular flexibility index (Phi) is 4.90. The lowest BCUT2D eigenvalue weighted by atomic mass is 10.1. The van der Waals surface area contributed by atoms with Crippen LogP contribution in [0, 0.1) is 0 Å². The Morgan fingerprint density at radius 1 is 1.38 bits per heavy atom. The Morgan fingerprint density at radius 2 is 2.05 bits per heavy atom. The summed E-state index contributed by atoms with van der Waals surface area (Å²) in [6.45, 7) is 2.58. The van der Waals surface area contributed by atoms with Crippen molar-refractivity contribution in [2.24, 2.45) is 0 Å². The molecule has 0 aliphatic carbocycles. The molecule has 0 aliphatic heterocycles. The highest BCUT2D eigenvalue weighted by atomic mass is 32.2. The van der Waals surface area contributed by atoms with Gasteiger partial charge in [-0.2, -0.15) is 0 Å². The Hall–Kier alpha value is -1.95. The fraction of sp³-hybridized carbons (Fsp3) is 0.333. The van der Waals surface area contributed by atoms with Gasteiger partial charge in [-0.15, -0.1) is 0 Å². The van der Waals surface area contributed by atoms with Crippen LogP contribution >= 0.6 is 0 Å². The molecule has 2 rings (SSSR count). The van der Waals surface area contributed by atoms with Crippen molar-refractivity contribution < 1.29 is 14.1 Å². The standard InChI is InChI=1S/C15H18N2O3S/c1-10(21(2)20)7-8-16-14-12-6-4-3-5-11(12)13(9-17-14)15(18)19/h3-6,9-10H,7-8H2,1-2H3,(H,16,17)(H,18,19). The normalized spacial score (nSPS) is 13.8. The number of nitrogens with one attached hydrogen (secondary N) is 1. The van der Waals surface area contributed by atoms with E-state index >= 15 is 0 Å². The second kappa shape index (κ2) is 6.67. The lowest BCUT2D eigenvalue weighted by molar-refractivity contribution is 0.0698. The predicted molar refractivity (Wildman–Crippen MR) is 85.3 cm³/mol. The van der Waals surface area contributed by atoms with Crippen molar-refractivity contribution in [1.82, 2.24) is 4.98 Å². The quantitative estimate of drug-likeness (QED) is 0.857. The molecule has 2 atom stereocenters. The molecule has 5 nitrogen and oxygen atoms in total. The first-order chi connectivity index (χ1) is 10.0. The maximum absolute atomic E-state index is 11.3. The lowest BCUT2D eigenvalue weighted by Gasteiger charge is -2.12. The summed E-state index contributed by atoms with van der Waals surface area (Å²) in [6, 6.07) is 7.28. The summed E-state index contributed by atoms with van der Waals surface area (Å²) >= 11 is 0. The van der Waals surface area contributed by atoms with Gasteiger partial charge in [0.05, 0.1) is 5.56 Å². The smallest absolute Gasteiger partial charge is 0.337 e. The van der Waals surface area contributed by atoms with E-state index in [1.165, 1.54) is 6.20 Å². The molecule has 0 spiro atoms. The first kappa shape index (κ1) is 15.4. The van der Waals surface area contributed by atoms with Gasteiger partial charge in [0.15, 0.2) is 0 Å². The van der Waals surface area contributed by atoms with Crippen LogP contribution in [0.15, 0.2) is 30.5 Å². The average Bonchev–Trinajstić information content (AvgIpc) is 2.46. The van der Waals surface area contributed by atoms with Crippen molar-refractivity contribution in [3.05, 3.63) is 36.0 Å². The van der Waals surface area contributed by atoms with Crippen molar-refractivity contribution in [2.45, 2.75) is 18.6 Å². The number of pyridine rings is 1. The molecule has 1 aromatic carbocycles. The van der Waals surface area contributed by atoms with E-state index in [-0.39, 0.29) is 10.8 Å². The highest BCUT2D eigenvalue weighted by Crippen LogP contribution is 2.24. The van der Waals surface area contributed by atoms with Gasteiger partial charge in [0.25, 0.3) is 0 Å². The van der Waals surface area contributed by atoms with Crippen molar-refractivity contribution in [3.8, 4) is 0 Å². The minimum absolute atomic E-state index is 0.113. The maximum Gasteiger partial charge on any atom is 0.337 e. The monoisotopic (exact) mass is 306 g/mol. The van der Waals surface area contributed by atoms with E-state index in [1.807, 2.05) is 19.1 Å². The van der Waals surface area contributed by atoms with Gasteiger partial charge in [0.2, 0.25) is 0 Å². The van der Waals surface area contributed by atoms with Gasteiger partial charge in [-0.25, -0.2) is 9.78 Å². The molecule has 0 amide bonds. The van der Waals surface area contributed by atoms with E-state index in [4.69, 9.17) is 0 Å². The van der Waals surface area contributed by atoms with Crippen LogP contribution in [0.2, 0.25) is 0 Å². The number of carbonyl (C=O) groups is 1. The van der Waals surface area contributed by atoms with Gasteiger partial charge < -0.3 is 10.4 Å². The van der Waals surface area contributed by atoms with Crippen molar-refractivity contribution >= 4 is 33.4 Å². The summed E-state index contributed by atoms with van der Waals surface area (Å²) in [5, 5.41) is 13.9. The van der Waals surface area contributed by atoms with Gasteiger partial charge in [0, 0.05) is 45.8 Å². The fourth-order valence-corrected chi connectivity index (χ4v) is 2.51. The van der Waals surface area contributed by atoms with Gasteiger partial charge in [-0.1, -0.05) is 31.2 Å². The number of rotatable bonds is 6. The molecule has 0 saturated heterocycles. The summed E-state index contributed by atoms with van der Waals surface area (Å²) in [7, 11) is -0.843. The van der Waals surface area contributed by atoms with E-state index in [0.29, 0.717) is 17.7 Å². The van der Waals surface area contributed by atoms with Crippen LogP contribution in [0.4, 0.5) is 5.82 Å². The Balaban J connectivity index is 2.23. The minimum atomic E-state index is -0.986. The van der Waals surface area contributed by atoms with Crippen molar-refractivity contribution in [1.29, 1.82) is 0 Å². The SMILES string of the molecule is CC(CCNc1ncc(C(=O)O)c2ccccc12)S(C)=O. The summed E-state index contributed by atoms with van der Waals surface area (Å²) in [6.07, 6.45) is 3.83. The van der Waals surface area contributed by atoms with E-state index in [0.717, 1.165) is 11.8 Å². The number of nitrogens with zero attached hydrogens (tertiary/aromatic N) is 1. The van der Waals surface area contributed by atoms with Crippen molar-refractivity contribution in [2.75, 3.05) is 18.1 Å². The lowest BCUT2D eigenvalue weighted by Crippen LogP contribution is -2.15. The highest BCUT2D eigenvalue weighted by molar-refractivity contribution is 7.84. The molecule has 0 saturated carbocycles. The van der Waals surface area contributed by atoms with E-state index in [2.05, 4.69) is 10.3 Å². The zero-order valence-corrected chi connectivity index (χ0v) is 12.8. The van der Waals surface area contributed by atoms with Gasteiger partial charge in [-0.05, 0) is 6.42 Å². The molecular weight excluding hydrogens is 288 g/mol. The molecule has 1 aromatic heterocycles. The van der Waals surface area contributed by atoms with Crippen LogP contribution in [-0.4, -0.2) is 38.3 Å². The average molecular weight is 306 g/mol. The molecule has 6 heteroatoms. The van der Waals surface area contributed by atoms with Crippen LogP contribution in [0.3, 0.4) is 0 Å². The molecule has 0 aliphatic rings. The molecular formula is C15H18N2O3S. The number of fused-ring (bicyclic) bond motifs is 1. The molecule has 2 unspecified atom stereocenters. The Morgan fingerprint density at radius 3 is 2.67 bits per heavy atom. The zero-order valence-electron chi connectivity index (χ0n) is 12.0. The third-order valence-corrected chi connectivity index (χ3v) is 4.80. The summed E-state index contributed by atoms with van der Waals surface area (Å²) in [4.78, 5) is 15.4. The van der Waals surface area contributed by atoms with E-state index in [9.17, 15) is 14.1 Å². The summed E-state index contributed by atoms with van der Waals surface area (Å²) in [5.41, 5.74) is 0.194. The largest absolute Gasteiger partial charge is 0.478 e. The third kappa shape index (κ3) is 3.58.